The summed E-state index contributed by atoms with van der Waals surface area (Å²) in [5, 5.41) is 2.69. The van der Waals surface area contributed by atoms with Crippen LogP contribution in [0.3, 0.4) is 0 Å². The maximum absolute atomic E-state index is 12.5. The van der Waals surface area contributed by atoms with Crippen molar-refractivity contribution in [2.45, 2.75) is 20.4 Å². The third-order valence-electron chi connectivity index (χ3n) is 4.69. The molecule has 29 heavy (non-hydrogen) atoms. The Morgan fingerprint density at radius 1 is 1.00 bits per heavy atom. The minimum Gasteiger partial charge on any atom is -0.497 e. The topological polar surface area (TPSA) is 69.6 Å². The quantitative estimate of drug-likeness (QED) is 0.618. The summed E-state index contributed by atoms with van der Waals surface area (Å²) in [7, 11) is 1.57. The highest BCUT2D eigenvalue weighted by Gasteiger charge is 2.18. The summed E-state index contributed by atoms with van der Waals surface area (Å²) >= 11 is 0. The molecular weight excluding hydrogens is 368 g/mol. The highest BCUT2D eigenvalue weighted by Crippen LogP contribution is 2.18. The molecule has 0 aliphatic heterocycles. The van der Waals surface area contributed by atoms with Gasteiger partial charge in [0.1, 0.15) is 5.75 Å². The van der Waals surface area contributed by atoms with Crippen molar-refractivity contribution in [2.75, 3.05) is 19.0 Å². The van der Waals surface area contributed by atoms with Gasteiger partial charge in [0.25, 0.3) is 5.91 Å². The minimum absolute atomic E-state index is 0.354. The van der Waals surface area contributed by atoms with E-state index in [0.717, 1.165) is 17.0 Å². The molecule has 6 nitrogen and oxygen atoms in total. The number of aryl methyl sites for hydroxylation is 1. The minimum atomic E-state index is -0.512. The second-order valence-corrected chi connectivity index (χ2v) is 6.71. The van der Waals surface area contributed by atoms with Gasteiger partial charge in [0.05, 0.1) is 12.7 Å². The third-order valence-corrected chi connectivity index (χ3v) is 4.69. The summed E-state index contributed by atoms with van der Waals surface area (Å²) < 4.78 is 12.4. The molecule has 1 aromatic heterocycles. The molecule has 0 saturated carbocycles. The highest BCUT2D eigenvalue weighted by atomic mass is 16.5. The van der Waals surface area contributed by atoms with Crippen LogP contribution in [-0.4, -0.2) is 30.2 Å². The fourth-order valence-corrected chi connectivity index (χ4v) is 3.10. The van der Waals surface area contributed by atoms with Gasteiger partial charge in [-0.3, -0.25) is 4.79 Å². The number of aromatic nitrogens is 1. The lowest BCUT2D eigenvalue weighted by Crippen LogP contribution is -2.21. The molecule has 2 aromatic carbocycles. The zero-order valence-electron chi connectivity index (χ0n) is 16.8. The molecule has 0 spiro atoms. The number of hydrogen-bond acceptors (Lipinski definition) is 4. The van der Waals surface area contributed by atoms with Crippen LogP contribution >= 0.6 is 0 Å². The Kier molecular flexibility index (Phi) is 6.34. The fourth-order valence-electron chi connectivity index (χ4n) is 3.10. The van der Waals surface area contributed by atoms with Gasteiger partial charge in [0.15, 0.2) is 6.61 Å². The van der Waals surface area contributed by atoms with E-state index in [1.54, 1.807) is 37.4 Å². The summed E-state index contributed by atoms with van der Waals surface area (Å²) in [4.78, 5) is 24.6. The second kappa shape index (κ2) is 9.10. The van der Waals surface area contributed by atoms with Gasteiger partial charge < -0.3 is 19.4 Å². The van der Waals surface area contributed by atoms with Gasteiger partial charge in [0.2, 0.25) is 0 Å². The lowest BCUT2D eigenvalue weighted by Gasteiger charge is -2.10. The largest absolute Gasteiger partial charge is 0.497 e. The zero-order valence-corrected chi connectivity index (χ0v) is 16.8. The standard InChI is InChI=1S/C23H24N2O4/c1-16-13-21(17(2)25(16)14-18-7-5-4-6-8-18)23(27)29-15-22(26)24-19-9-11-20(28-3)12-10-19/h4-13H,14-15H2,1-3H3,(H,24,26). The summed E-state index contributed by atoms with van der Waals surface area (Å²) in [5.41, 5.74) is 3.99. The Hall–Kier alpha value is -3.54. The normalized spacial score (nSPS) is 10.4. The van der Waals surface area contributed by atoms with E-state index in [0.29, 0.717) is 23.5 Å². The molecule has 3 aromatic rings. The van der Waals surface area contributed by atoms with Crippen LogP contribution in [0.5, 0.6) is 5.75 Å². The first-order valence-corrected chi connectivity index (χ1v) is 9.29. The Morgan fingerprint density at radius 2 is 1.69 bits per heavy atom. The summed E-state index contributed by atoms with van der Waals surface area (Å²) in [6.45, 7) is 4.14. The maximum atomic E-state index is 12.5. The van der Waals surface area contributed by atoms with E-state index in [2.05, 4.69) is 9.88 Å². The number of carbonyl (C=O) groups is 2. The van der Waals surface area contributed by atoms with Crippen LogP contribution in [0.15, 0.2) is 60.7 Å². The summed E-state index contributed by atoms with van der Waals surface area (Å²) in [6, 6.07) is 18.7. The number of anilines is 1. The van der Waals surface area contributed by atoms with Crippen molar-refractivity contribution in [3.8, 4) is 5.75 Å². The van der Waals surface area contributed by atoms with E-state index in [4.69, 9.17) is 9.47 Å². The molecule has 3 rings (SSSR count). The zero-order chi connectivity index (χ0) is 20.8. The molecule has 1 heterocycles. The molecule has 0 saturated heterocycles. The lowest BCUT2D eigenvalue weighted by molar-refractivity contribution is -0.119. The van der Waals surface area contributed by atoms with Gasteiger partial charge >= 0.3 is 5.97 Å². The van der Waals surface area contributed by atoms with E-state index in [-0.39, 0.29) is 6.61 Å². The monoisotopic (exact) mass is 392 g/mol. The molecule has 1 amide bonds. The van der Waals surface area contributed by atoms with Crippen LogP contribution < -0.4 is 10.1 Å². The number of amides is 1. The van der Waals surface area contributed by atoms with Crippen molar-refractivity contribution in [1.82, 2.24) is 4.57 Å². The Morgan fingerprint density at radius 3 is 2.34 bits per heavy atom. The van der Waals surface area contributed by atoms with Crippen LogP contribution in [0, 0.1) is 13.8 Å². The van der Waals surface area contributed by atoms with E-state index in [1.807, 2.05) is 44.2 Å². The van der Waals surface area contributed by atoms with E-state index < -0.39 is 11.9 Å². The number of nitrogens with one attached hydrogen (secondary N) is 1. The van der Waals surface area contributed by atoms with E-state index >= 15 is 0 Å². The predicted octanol–water partition coefficient (Wildman–Crippen LogP) is 3.96. The molecule has 0 bridgehead atoms. The van der Waals surface area contributed by atoms with Gasteiger partial charge in [-0.15, -0.1) is 0 Å². The predicted molar refractivity (Wildman–Crippen MR) is 111 cm³/mol. The number of hydrogen-bond donors (Lipinski definition) is 1. The molecule has 0 fully saturated rings. The molecule has 0 atom stereocenters. The van der Waals surface area contributed by atoms with Crippen LogP contribution in [-0.2, 0) is 16.1 Å². The van der Waals surface area contributed by atoms with E-state index in [9.17, 15) is 9.59 Å². The summed E-state index contributed by atoms with van der Waals surface area (Å²) in [5.74, 6) is -0.218. The van der Waals surface area contributed by atoms with Crippen molar-refractivity contribution in [2.24, 2.45) is 0 Å². The van der Waals surface area contributed by atoms with Gasteiger partial charge in [-0.2, -0.15) is 0 Å². The molecule has 6 heteroatoms. The molecule has 0 unspecified atom stereocenters. The van der Waals surface area contributed by atoms with Crippen molar-refractivity contribution < 1.29 is 19.1 Å². The number of methoxy groups -OCH3 is 1. The van der Waals surface area contributed by atoms with Gasteiger partial charge in [-0.05, 0) is 49.7 Å². The Balaban J connectivity index is 1.60. The van der Waals surface area contributed by atoms with Crippen LogP contribution in [0.4, 0.5) is 5.69 Å². The average Bonchev–Trinajstić information content (AvgIpc) is 3.01. The summed E-state index contributed by atoms with van der Waals surface area (Å²) in [6.07, 6.45) is 0. The maximum Gasteiger partial charge on any atom is 0.340 e. The van der Waals surface area contributed by atoms with Crippen LogP contribution in [0.2, 0.25) is 0 Å². The Labute approximate surface area is 170 Å². The second-order valence-electron chi connectivity index (χ2n) is 6.71. The van der Waals surface area contributed by atoms with Crippen molar-refractivity contribution in [3.63, 3.8) is 0 Å². The van der Waals surface area contributed by atoms with Gasteiger partial charge in [-0.25, -0.2) is 4.79 Å². The van der Waals surface area contributed by atoms with Crippen molar-refractivity contribution >= 4 is 17.6 Å². The van der Waals surface area contributed by atoms with Crippen molar-refractivity contribution in [1.29, 1.82) is 0 Å². The number of carbonyl (C=O) groups excluding carboxylic acids is 2. The van der Waals surface area contributed by atoms with Crippen LogP contribution in [0.25, 0.3) is 0 Å². The molecule has 0 aliphatic rings. The van der Waals surface area contributed by atoms with E-state index in [1.165, 1.54) is 0 Å². The third kappa shape index (κ3) is 5.04. The van der Waals surface area contributed by atoms with Gasteiger partial charge in [0, 0.05) is 23.6 Å². The average molecular weight is 392 g/mol. The highest BCUT2D eigenvalue weighted by molar-refractivity contribution is 5.96. The smallest absolute Gasteiger partial charge is 0.340 e. The number of ether oxygens (including phenoxy) is 2. The molecule has 1 N–H and O–H groups in total. The number of esters is 1. The first-order valence-electron chi connectivity index (χ1n) is 9.29. The first kappa shape index (κ1) is 20.2. The van der Waals surface area contributed by atoms with Crippen LogP contribution in [0.1, 0.15) is 27.3 Å². The molecular formula is C23H24N2O4. The molecule has 150 valence electrons. The van der Waals surface area contributed by atoms with Gasteiger partial charge in [-0.1, -0.05) is 30.3 Å². The number of rotatable bonds is 7. The van der Waals surface area contributed by atoms with Crippen molar-refractivity contribution in [3.05, 3.63) is 83.2 Å². The fraction of sp³-hybridized carbons (Fsp3) is 0.217. The molecule has 0 radical (unpaired) electrons. The number of nitrogens with zero attached hydrogens (tertiary/aromatic N) is 1. The SMILES string of the molecule is COc1ccc(NC(=O)COC(=O)c2cc(C)n(Cc3ccccc3)c2C)cc1. The first-order chi connectivity index (χ1) is 14.0. The lowest BCUT2D eigenvalue weighted by atomic mass is 10.2. The Bertz CT molecular complexity index is 992. The number of benzene rings is 2. The molecule has 0 aliphatic carbocycles.